The van der Waals surface area contributed by atoms with Crippen LogP contribution in [0.2, 0.25) is 0 Å². The second-order valence-corrected chi connectivity index (χ2v) is 9.34. The topological polar surface area (TPSA) is 73.4 Å². The first kappa shape index (κ1) is 23.1. The summed E-state index contributed by atoms with van der Waals surface area (Å²) in [6.45, 7) is 4.41. The lowest BCUT2D eigenvalue weighted by atomic mass is 9.85. The van der Waals surface area contributed by atoms with Gasteiger partial charge in [0.2, 0.25) is 11.9 Å². The predicted molar refractivity (Wildman–Crippen MR) is 133 cm³/mol. The van der Waals surface area contributed by atoms with E-state index in [2.05, 4.69) is 23.4 Å². The van der Waals surface area contributed by atoms with Gasteiger partial charge in [0.25, 0.3) is 0 Å². The van der Waals surface area contributed by atoms with Crippen molar-refractivity contribution in [1.29, 1.82) is 0 Å². The highest BCUT2D eigenvalue weighted by molar-refractivity contribution is 5.80. The maximum atomic E-state index is 13.0. The molecule has 0 bridgehead atoms. The Morgan fingerprint density at radius 1 is 1.18 bits per heavy atom. The molecule has 0 aliphatic heterocycles. The third kappa shape index (κ3) is 5.15. The molecular formula is C27H36N4O2. The number of fused-ring (bicyclic) bond motifs is 1. The number of rotatable bonds is 8. The summed E-state index contributed by atoms with van der Waals surface area (Å²) in [4.78, 5) is 19.6. The Labute approximate surface area is 196 Å². The summed E-state index contributed by atoms with van der Waals surface area (Å²) >= 11 is 0. The fraction of sp³-hybridized carbons (Fsp3) is 0.481. The van der Waals surface area contributed by atoms with Gasteiger partial charge in [-0.2, -0.15) is 0 Å². The number of benzene rings is 2. The number of aromatic nitrogens is 2. The maximum Gasteiger partial charge on any atom is 0.222 e. The minimum atomic E-state index is 0.100. The van der Waals surface area contributed by atoms with Gasteiger partial charge in [-0.15, -0.1) is 0 Å². The van der Waals surface area contributed by atoms with Crippen molar-refractivity contribution in [2.45, 2.75) is 70.9 Å². The monoisotopic (exact) mass is 448 g/mol. The van der Waals surface area contributed by atoms with E-state index in [9.17, 15) is 4.79 Å². The first-order valence-corrected chi connectivity index (χ1v) is 12.2. The van der Waals surface area contributed by atoms with Gasteiger partial charge < -0.3 is 19.9 Å². The molecule has 6 nitrogen and oxygen atoms in total. The van der Waals surface area contributed by atoms with Crippen LogP contribution in [0.1, 0.15) is 64.8 Å². The molecule has 1 aliphatic carbocycles. The van der Waals surface area contributed by atoms with Gasteiger partial charge in [0, 0.05) is 31.6 Å². The number of anilines is 1. The molecule has 0 radical (unpaired) electrons. The molecule has 176 valence electrons. The minimum absolute atomic E-state index is 0.100. The number of para-hydroxylation sites is 1. The molecule has 3 unspecified atom stereocenters. The van der Waals surface area contributed by atoms with Gasteiger partial charge in [-0.1, -0.05) is 44.9 Å². The second-order valence-electron chi connectivity index (χ2n) is 9.34. The lowest BCUT2D eigenvalue weighted by Crippen LogP contribution is -2.42. The van der Waals surface area contributed by atoms with Crippen LogP contribution in [0.3, 0.4) is 0 Å². The second kappa shape index (κ2) is 10.3. The molecule has 3 aromatic rings. The number of ether oxygens (including phenoxy) is 1. The normalized spacial score (nSPS) is 19.4. The Kier molecular flexibility index (Phi) is 7.21. The molecule has 1 aliphatic rings. The zero-order valence-electron chi connectivity index (χ0n) is 20.0. The SMILES string of the molecule is CCC(CCC(=O)N(C)C1CCCCC1C)n1c(N)nc2ccc(Oc3ccccc3)cc21. The number of carbonyl (C=O) groups is 1. The fourth-order valence-corrected chi connectivity index (χ4v) is 5.20. The van der Waals surface area contributed by atoms with E-state index in [0.717, 1.165) is 41.8 Å². The van der Waals surface area contributed by atoms with Gasteiger partial charge in [0.15, 0.2) is 0 Å². The zero-order chi connectivity index (χ0) is 23.4. The van der Waals surface area contributed by atoms with Crippen molar-refractivity contribution in [3.63, 3.8) is 0 Å². The number of nitrogens with zero attached hydrogens (tertiary/aromatic N) is 3. The van der Waals surface area contributed by atoms with Crippen LogP contribution in [-0.2, 0) is 4.79 Å². The Bertz CT molecular complexity index is 1080. The number of nitrogens with two attached hydrogens (primary N) is 1. The van der Waals surface area contributed by atoms with Crippen LogP contribution in [0.25, 0.3) is 11.0 Å². The van der Waals surface area contributed by atoms with E-state index in [1.807, 2.05) is 60.5 Å². The highest BCUT2D eigenvalue weighted by Gasteiger charge is 2.28. The molecule has 33 heavy (non-hydrogen) atoms. The Morgan fingerprint density at radius 3 is 2.67 bits per heavy atom. The van der Waals surface area contributed by atoms with Gasteiger partial charge in [-0.05, 0) is 55.9 Å². The molecule has 1 saturated carbocycles. The van der Waals surface area contributed by atoms with Crippen molar-refractivity contribution in [2.24, 2.45) is 5.92 Å². The molecule has 0 saturated heterocycles. The minimum Gasteiger partial charge on any atom is -0.457 e. The van der Waals surface area contributed by atoms with E-state index in [1.54, 1.807) is 0 Å². The predicted octanol–water partition coefficient (Wildman–Crippen LogP) is 6.18. The molecule has 2 aromatic carbocycles. The van der Waals surface area contributed by atoms with E-state index in [1.165, 1.54) is 19.3 Å². The fourth-order valence-electron chi connectivity index (χ4n) is 5.20. The van der Waals surface area contributed by atoms with Crippen LogP contribution in [-0.4, -0.2) is 33.4 Å². The van der Waals surface area contributed by atoms with Crippen molar-refractivity contribution in [3.8, 4) is 11.5 Å². The van der Waals surface area contributed by atoms with E-state index in [4.69, 9.17) is 10.5 Å². The highest BCUT2D eigenvalue weighted by atomic mass is 16.5. The molecule has 0 spiro atoms. The number of nitrogen functional groups attached to an aromatic ring is 1. The Hall–Kier alpha value is -3.02. The van der Waals surface area contributed by atoms with Crippen molar-refractivity contribution < 1.29 is 9.53 Å². The summed E-state index contributed by atoms with van der Waals surface area (Å²) in [6, 6.07) is 16.0. The van der Waals surface area contributed by atoms with Crippen molar-refractivity contribution in [2.75, 3.05) is 12.8 Å². The van der Waals surface area contributed by atoms with Gasteiger partial charge in [0.05, 0.1) is 11.0 Å². The van der Waals surface area contributed by atoms with Crippen LogP contribution < -0.4 is 10.5 Å². The molecule has 1 aromatic heterocycles. The van der Waals surface area contributed by atoms with E-state index < -0.39 is 0 Å². The Balaban J connectivity index is 1.50. The third-order valence-electron chi connectivity index (χ3n) is 7.15. The number of amides is 1. The zero-order valence-corrected chi connectivity index (χ0v) is 20.0. The summed E-state index contributed by atoms with van der Waals surface area (Å²) < 4.78 is 8.10. The molecule has 6 heteroatoms. The summed E-state index contributed by atoms with van der Waals surface area (Å²) in [6.07, 6.45) is 6.94. The van der Waals surface area contributed by atoms with Crippen molar-refractivity contribution in [1.82, 2.24) is 14.5 Å². The van der Waals surface area contributed by atoms with Crippen LogP contribution in [0, 0.1) is 5.92 Å². The number of hydrogen-bond acceptors (Lipinski definition) is 4. The third-order valence-corrected chi connectivity index (χ3v) is 7.15. The quantitative estimate of drug-likeness (QED) is 0.447. The van der Waals surface area contributed by atoms with Crippen molar-refractivity contribution >= 4 is 22.9 Å². The lowest BCUT2D eigenvalue weighted by molar-refractivity contribution is -0.133. The molecule has 1 heterocycles. The number of imidazole rings is 1. The maximum absolute atomic E-state index is 13.0. The van der Waals surface area contributed by atoms with Crippen LogP contribution in [0.4, 0.5) is 5.95 Å². The van der Waals surface area contributed by atoms with Gasteiger partial charge in [0.1, 0.15) is 11.5 Å². The van der Waals surface area contributed by atoms with Crippen LogP contribution >= 0.6 is 0 Å². The van der Waals surface area contributed by atoms with Gasteiger partial charge in [-0.3, -0.25) is 4.79 Å². The van der Waals surface area contributed by atoms with Crippen LogP contribution in [0.5, 0.6) is 11.5 Å². The van der Waals surface area contributed by atoms with Gasteiger partial charge >= 0.3 is 0 Å². The van der Waals surface area contributed by atoms with Gasteiger partial charge in [-0.25, -0.2) is 4.98 Å². The summed E-state index contributed by atoms with van der Waals surface area (Å²) in [5.74, 6) is 2.81. The first-order chi connectivity index (χ1) is 16.0. The Morgan fingerprint density at radius 2 is 1.94 bits per heavy atom. The molecule has 2 N–H and O–H groups in total. The molecule has 3 atom stereocenters. The molecule has 1 fully saturated rings. The summed E-state index contributed by atoms with van der Waals surface area (Å²) in [7, 11) is 1.98. The first-order valence-electron chi connectivity index (χ1n) is 12.2. The van der Waals surface area contributed by atoms with E-state index in [0.29, 0.717) is 24.3 Å². The molecule has 1 amide bonds. The smallest absolute Gasteiger partial charge is 0.222 e. The molecule has 4 rings (SSSR count). The number of carbonyl (C=O) groups excluding carboxylic acids is 1. The largest absolute Gasteiger partial charge is 0.457 e. The summed E-state index contributed by atoms with van der Waals surface area (Å²) in [5, 5.41) is 0. The average molecular weight is 449 g/mol. The van der Waals surface area contributed by atoms with Crippen molar-refractivity contribution in [3.05, 3.63) is 48.5 Å². The van der Waals surface area contributed by atoms with E-state index >= 15 is 0 Å². The highest BCUT2D eigenvalue weighted by Crippen LogP contribution is 2.33. The average Bonchev–Trinajstić information content (AvgIpc) is 3.15. The lowest BCUT2D eigenvalue weighted by Gasteiger charge is -2.36. The standard InChI is InChI=1S/C27H36N4O2/c1-4-20(14-17-26(32)30(3)24-13-9-8-10-19(24)2)31-25-18-22(15-16-23(25)29-27(31)28)33-21-11-6-5-7-12-21/h5-7,11-12,15-16,18-20,24H,4,8-10,13-14,17H2,1-3H3,(H2,28,29). The number of hydrogen-bond donors (Lipinski definition) is 1. The summed E-state index contributed by atoms with van der Waals surface area (Å²) in [5.41, 5.74) is 8.13. The molecular weight excluding hydrogens is 412 g/mol. The van der Waals surface area contributed by atoms with E-state index in [-0.39, 0.29) is 11.9 Å². The van der Waals surface area contributed by atoms with Crippen LogP contribution in [0.15, 0.2) is 48.5 Å².